The van der Waals surface area contributed by atoms with Crippen LogP contribution in [-0.4, -0.2) is 45.3 Å². The van der Waals surface area contributed by atoms with Gasteiger partial charge in [0, 0.05) is 25.7 Å². The molecule has 19 heavy (non-hydrogen) atoms. The smallest absolute Gasteiger partial charge is 0.0618 e. The molecule has 0 aliphatic carbocycles. The van der Waals surface area contributed by atoms with Gasteiger partial charge in [-0.25, -0.2) is 0 Å². The van der Waals surface area contributed by atoms with Gasteiger partial charge in [-0.2, -0.15) is 0 Å². The molecule has 1 rings (SSSR count). The molecule has 108 valence electrons. The summed E-state index contributed by atoms with van der Waals surface area (Å²) in [6.07, 6.45) is 0. The quantitative estimate of drug-likeness (QED) is 0.781. The molecule has 0 aliphatic rings. The highest BCUT2D eigenvalue weighted by molar-refractivity contribution is 5.19. The number of hydrogen-bond donors (Lipinski definition) is 1. The zero-order chi connectivity index (χ0) is 14.3. The van der Waals surface area contributed by atoms with E-state index in [1.165, 1.54) is 5.56 Å². The van der Waals surface area contributed by atoms with Crippen molar-refractivity contribution in [1.29, 1.82) is 0 Å². The number of hydrogen-bond acceptors (Lipinski definition) is 3. The lowest BCUT2D eigenvalue weighted by Gasteiger charge is -2.29. The summed E-state index contributed by atoms with van der Waals surface area (Å²) in [5.74, 6) is 0.568. The third kappa shape index (κ3) is 5.31. The number of likely N-dealkylation sites (N-methyl/N-ethyl adjacent to an activating group) is 1. The van der Waals surface area contributed by atoms with Gasteiger partial charge < -0.3 is 15.0 Å². The Bertz CT molecular complexity index is 338. The summed E-state index contributed by atoms with van der Waals surface area (Å²) in [4.78, 5) is 2.26. The van der Waals surface area contributed by atoms with Crippen LogP contribution in [0.2, 0.25) is 0 Å². The van der Waals surface area contributed by atoms with Crippen molar-refractivity contribution in [2.45, 2.75) is 25.9 Å². The number of benzene rings is 1. The first kappa shape index (κ1) is 16.2. The topological polar surface area (TPSA) is 24.5 Å². The molecule has 0 aliphatic heterocycles. The number of nitrogens with zero attached hydrogens (tertiary/aromatic N) is 1. The van der Waals surface area contributed by atoms with Gasteiger partial charge in [0.2, 0.25) is 0 Å². The second kappa shape index (κ2) is 8.31. The van der Waals surface area contributed by atoms with Crippen molar-refractivity contribution in [3.63, 3.8) is 0 Å². The molecule has 0 saturated heterocycles. The third-order valence-corrected chi connectivity index (χ3v) is 3.53. The second-order valence-corrected chi connectivity index (χ2v) is 5.60. The Balaban J connectivity index is 2.64. The summed E-state index contributed by atoms with van der Waals surface area (Å²) in [7, 11) is 6.01. The van der Waals surface area contributed by atoms with Gasteiger partial charge in [0.25, 0.3) is 0 Å². The lowest BCUT2D eigenvalue weighted by Crippen LogP contribution is -2.42. The van der Waals surface area contributed by atoms with E-state index in [1.54, 1.807) is 7.11 Å². The molecule has 0 fully saturated rings. The Labute approximate surface area is 118 Å². The molecule has 1 aromatic rings. The maximum absolute atomic E-state index is 5.29. The molecule has 1 aromatic carbocycles. The molecule has 3 nitrogen and oxygen atoms in total. The molecular weight excluding hydrogens is 236 g/mol. The van der Waals surface area contributed by atoms with E-state index in [2.05, 4.69) is 68.5 Å². The molecular formula is C16H28N2O. The summed E-state index contributed by atoms with van der Waals surface area (Å²) in [5.41, 5.74) is 1.35. The molecule has 2 atom stereocenters. The van der Waals surface area contributed by atoms with Gasteiger partial charge in [0.1, 0.15) is 0 Å². The van der Waals surface area contributed by atoms with Gasteiger partial charge in [-0.1, -0.05) is 44.2 Å². The number of methoxy groups -OCH3 is 1. The van der Waals surface area contributed by atoms with E-state index in [-0.39, 0.29) is 0 Å². The van der Waals surface area contributed by atoms with Crippen LogP contribution < -0.4 is 5.32 Å². The monoisotopic (exact) mass is 264 g/mol. The fourth-order valence-corrected chi connectivity index (χ4v) is 2.20. The van der Waals surface area contributed by atoms with Crippen LogP contribution in [0.3, 0.4) is 0 Å². The van der Waals surface area contributed by atoms with Gasteiger partial charge in [-0.3, -0.25) is 0 Å². The lowest BCUT2D eigenvalue weighted by atomic mass is 10.0. The molecule has 3 heteroatoms. The standard InChI is InChI=1S/C16H28N2O/c1-13(2)15(12-19-5)17-11-16(18(3)4)14-9-7-6-8-10-14/h6-10,13,15-17H,11-12H2,1-5H3. The highest BCUT2D eigenvalue weighted by Crippen LogP contribution is 2.17. The van der Waals surface area contributed by atoms with Crippen molar-refractivity contribution in [2.24, 2.45) is 5.92 Å². The molecule has 0 saturated carbocycles. The van der Waals surface area contributed by atoms with E-state index in [9.17, 15) is 0 Å². The van der Waals surface area contributed by atoms with Crippen LogP contribution in [0.5, 0.6) is 0 Å². The second-order valence-electron chi connectivity index (χ2n) is 5.60. The van der Waals surface area contributed by atoms with E-state index in [0.29, 0.717) is 18.0 Å². The molecule has 0 bridgehead atoms. The van der Waals surface area contributed by atoms with Crippen LogP contribution in [0.15, 0.2) is 30.3 Å². The van der Waals surface area contributed by atoms with Crippen LogP contribution in [0.4, 0.5) is 0 Å². The highest BCUT2D eigenvalue weighted by atomic mass is 16.5. The molecule has 1 N–H and O–H groups in total. The van der Waals surface area contributed by atoms with Crippen molar-refractivity contribution in [2.75, 3.05) is 34.4 Å². The fraction of sp³-hybridized carbons (Fsp3) is 0.625. The maximum atomic E-state index is 5.29. The Morgan fingerprint density at radius 2 is 1.79 bits per heavy atom. The number of rotatable bonds is 8. The average Bonchev–Trinajstić information content (AvgIpc) is 2.38. The minimum absolute atomic E-state index is 0.388. The normalized spacial score (nSPS) is 14.9. The Morgan fingerprint density at radius 1 is 1.16 bits per heavy atom. The van der Waals surface area contributed by atoms with Crippen LogP contribution in [0.25, 0.3) is 0 Å². The van der Waals surface area contributed by atoms with Gasteiger partial charge >= 0.3 is 0 Å². The first-order valence-electron chi connectivity index (χ1n) is 7.00. The van der Waals surface area contributed by atoms with Gasteiger partial charge in [0.05, 0.1) is 6.61 Å². The summed E-state index contributed by atoms with van der Waals surface area (Å²) in [5, 5.41) is 3.63. The van der Waals surface area contributed by atoms with Crippen molar-refractivity contribution in [3.8, 4) is 0 Å². The molecule has 0 aromatic heterocycles. The summed E-state index contributed by atoms with van der Waals surface area (Å²) in [6, 6.07) is 11.4. The lowest BCUT2D eigenvalue weighted by molar-refractivity contribution is 0.141. The van der Waals surface area contributed by atoms with Crippen LogP contribution >= 0.6 is 0 Å². The SMILES string of the molecule is COCC(NCC(c1ccccc1)N(C)C)C(C)C. The fourth-order valence-electron chi connectivity index (χ4n) is 2.20. The predicted molar refractivity (Wildman–Crippen MR) is 81.4 cm³/mol. The summed E-state index contributed by atoms with van der Waals surface area (Å²) >= 11 is 0. The minimum Gasteiger partial charge on any atom is -0.383 e. The predicted octanol–water partition coefficient (Wildman–Crippen LogP) is 2.55. The summed E-state index contributed by atoms with van der Waals surface area (Å²) in [6.45, 7) is 6.14. The summed E-state index contributed by atoms with van der Waals surface area (Å²) < 4.78 is 5.29. The third-order valence-electron chi connectivity index (χ3n) is 3.53. The molecule has 0 heterocycles. The van der Waals surface area contributed by atoms with Gasteiger partial charge in [0.15, 0.2) is 0 Å². The largest absolute Gasteiger partial charge is 0.383 e. The van der Waals surface area contributed by atoms with Gasteiger partial charge in [-0.15, -0.1) is 0 Å². The Morgan fingerprint density at radius 3 is 2.26 bits per heavy atom. The van der Waals surface area contributed by atoms with Gasteiger partial charge in [-0.05, 0) is 25.6 Å². The van der Waals surface area contributed by atoms with E-state index < -0.39 is 0 Å². The van der Waals surface area contributed by atoms with Crippen molar-refractivity contribution in [3.05, 3.63) is 35.9 Å². The molecule has 0 amide bonds. The van der Waals surface area contributed by atoms with E-state index in [0.717, 1.165) is 13.2 Å². The van der Waals surface area contributed by atoms with Crippen LogP contribution in [-0.2, 0) is 4.74 Å². The number of nitrogens with one attached hydrogen (secondary N) is 1. The zero-order valence-electron chi connectivity index (χ0n) is 12.9. The number of ether oxygens (including phenoxy) is 1. The first-order chi connectivity index (χ1) is 9.06. The van der Waals surface area contributed by atoms with E-state index >= 15 is 0 Å². The molecule has 2 unspecified atom stereocenters. The molecule has 0 radical (unpaired) electrons. The van der Waals surface area contributed by atoms with Crippen molar-refractivity contribution in [1.82, 2.24) is 10.2 Å². The Kier molecular flexibility index (Phi) is 7.06. The Hall–Kier alpha value is -0.900. The van der Waals surface area contributed by atoms with Crippen LogP contribution in [0.1, 0.15) is 25.5 Å². The van der Waals surface area contributed by atoms with Crippen LogP contribution in [0, 0.1) is 5.92 Å². The minimum atomic E-state index is 0.388. The molecule has 0 spiro atoms. The van der Waals surface area contributed by atoms with Crippen molar-refractivity contribution < 1.29 is 4.74 Å². The maximum Gasteiger partial charge on any atom is 0.0618 e. The van der Waals surface area contributed by atoms with Crippen molar-refractivity contribution >= 4 is 0 Å². The first-order valence-corrected chi connectivity index (χ1v) is 7.00. The average molecular weight is 264 g/mol. The van der Waals surface area contributed by atoms with E-state index in [1.807, 2.05) is 0 Å². The highest BCUT2D eigenvalue weighted by Gasteiger charge is 2.18. The van der Waals surface area contributed by atoms with E-state index in [4.69, 9.17) is 4.74 Å². The zero-order valence-corrected chi connectivity index (χ0v) is 12.9.